The maximum Gasteiger partial charge on any atom is 0.255 e. The van der Waals surface area contributed by atoms with Crippen molar-refractivity contribution in [1.82, 2.24) is 15.5 Å². The number of ether oxygens (including phenoxy) is 1. The Labute approximate surface area is 210 Å². The molecule has 8 heteroatoms. The average Bonchev–Trinajstić information content (AvgIpc) is 3.02. The van der Waals surface area contributed by atoms with Crippen LogP contribution in [-0.2, 0) is 5.41 Å². The van der Waals surface area contributed by atoms with Crippen molar-refractivity contribution in [2.75, 3.05) is 26.7 Å². The van der Waals surface area contributed by atoms with Crippen molar-refractivity contribution in [3.63, 3.8) is 0 Å². The number of likely N-dealkylation sites (N-methyl/N-ethyl adjacent to an activating group) is 1. The zero-order valence-corrected chi connectivity index (χ0v) is 22.1. The summed E-state index contributed by atoms with van der Waals surface area (Å²) in [5, 5.41) is 17.9. The Kier molecular flexibility index (Phi) is 8.49. The standard InChI is InChI=1S/C27H43N5O3/c1-7-10-22(28)31-21(16-29-14-8-2)27(5)24(33)20(17-32(27)6)30-25(34)18-11-9-12-19-23(18)35-15-13-26(19,3)4/h8-9,11-12,14,20-21,24,29,33H,7,10,13,15-17H2,1-6H3,(H2,28,31)(H,30,34)/b14-8-/t20-,21?,24?,27?/m1/s1. The minimum absolute atomic E-state index is 0.0564. The predicted octanol–water partition coefficient (Wildman–Crippen LogP) is 2.56. The molecule has 0 aromatic heterocycles. The fourth-order valence-corrected chi connectivity index (χ4v) is 5.20. The van der Waals surface area contributed by atoms with Crippen molar-refractivity contribution >= 4 is 11.7 Å². The first-order valence-electron chi connectivity index (χ1n) is 12.7. The van der Waals surface area contributed by atoms with Gasteiger partial charge < -0.3 is 26.2 Å². The van der Waals surface area contributed by atoms with E-state index in [1.165, 1.54) is 0 Å². The van der Waals surface area contributed by atoms with Gasteiger partial charge in [-0.05, 0) is 51.4 Å². The predicted molar refractivity (Wildman–Crippen MR) is 141 cm³/mol. The highest BCUT2D eigenvalue weighted by Crippen LogP contribution is 2.40. The zero-order chi connectivity index (χ0) is 25.8. The van der Waals surface area contributed by atoms with E-state index >= 15 is 0 Å². The number of aliphatic imine (C=N–C) groups is 1. The van der Waals surface area contributed by atoms with Crippen molar-refractivity contribution in [1.29, 1.82) is 0 Å². The summed E-state index contributed by atoms with van der Waals surface area (Å²) in [6.07, 6.45) is 5.44. The maximum absolute atomic E-state index is 13.4. The number of rotatable bonds is 9. The van der Waals surface area contributed by atoms with Gasteiger partial charge in [0.05, 0.1) is 41.7 Å². The highest BCUT2D eigenvalue weighted by Gasteiger charge is 2.53. The fourth-order valence-electron chi connectivity index (χ4n) is 5.20. The lowest BCUT2D eigenvalue weighted by atomic mass is 9.79. The monoisotopic (exact) mass is 485 g/mol. The Bertz CT molecular complexity index is 960. The lowest BCUT2D eigenvalue weighted by molar-refractivity contribution is 0.0272. The van der Waals surface area contributed by atoms with E-state index in [1.54, 1.807) is 6.07 Å². The van der Waals surface area contributed by atoms with Gasteiger partial charge in [0.1, 0.15) is 5.75 Å². The molecule has 5 N–H and O–H groups in total. The van der Waals surface area contributed by atoms with E-state index in [0.717, 1.165) is 18.4 Å². The molecular formula is C27H43N5O3. The third-order valence-electron chi connectivity index (χ3n) is 7.65. The summed E-state index contributed by atoms with van der Waals surface area (Å²) < 4.78 is 5.94. The number of carbonyl (C=O) groups excluding carboxylic acids is 1. The molecule has 2 aliphatic rings. The Morgan fingerprint density at radius 1 is 1.40 bits per heavy atom. The van der Waals surface area contributed by atoms with Crippen molar-refractivity contribution in [2.24, 2.45) is 10.7 Å². The molecule has 0 aliphatic carbocycles. The van der Waals surface area contributed by atoms with Crippen LogP contribution >= 0.6 is 0 Å². The number of likely N-dealkylation sites (tertiary alicyclic amines) is 1. The molecule has 1 fully saturated rings. The number of hydrogen-bond acceptors (Lipinski definition) is 6. The summed E-state index contributed by atoms with van der Waals surface area (Å²) in [5.74, 6) is 0.985. The number of aliphatic hydroxyl groups excluding tert-OH is 1. The topological polar surface area (TPSA) is 112 Å². The number of carbonyl (C=O) groups is 1. The minimum atomic E-state index is -0.844. The van der Waals surface area contributed by atoms with Crippen LogP contribution in [0.15, 0.2) is 35.5 Å². The smallest absolute Gasteiger partial charge is 0.255 e. The lowest BCUT2D eigenvalue weighted by Gasteiger charge is -2.40. The van der Waals surface area contributed by atoms with Gasteiger partial charge in [0.25, 0.3) is 5.91 Å². The van der Waals surface area contributed by atoms with E-state index in [2.05, 4.69) is 36.3 Å². The third kappa shape index (κ3) is 5.48. The SMILES string of the molecule is C/C=C\NCC(N=C(N)CCC)C1(C)C(O)[C@H](NC(=O)c2cccc3c2OCCC3(C)C)CN1C. The molecule has 1 aromatic carbocycles. The molecule has 0 spiro atoms. The first-order chi connectivity index (χ1) is 16.6. The van der Waals surface area contributed by atoms with E-state index < -0.39 is 17.7 Å². The number of amidine groups is 1. The number of hydrogen-bond donors (Lipinski definition) is 4. The number of amides is 1. The second-order valence-electron chi connectivity index (χ2n) is 10.6. The van der Waals surface area contributed by atoms with Crippen molar-refractivity contribution in [3.8, 4) is 5.75 Å². The molecule has 4 atom stereocenters. The van der Waals surface area contributed by atoms with Gasteiger partial charge in [0.15, 0.2) is 0 Å². The van der Waals surface area contributed by atoms with Crippen LogP contribution < -0.4 is 21.1 Å². The second kappa shape index (κ2) is 11.0. The largest absolute Gasteiger partial charge is 0.492 e. The Morgan fingerprint density at radius 2 is 2.14 bits per heavy atom. The normalized spacial score (nSPS) is 27.3. The van der Waals surface area contributed by atoms with Gasteiger partial charge in [-0.1, -0.05) is 39.0 Å². The molecule has 2 aliphatic heterocycles. The number of allylic oxidation sites excluding steroid dienone is 1. The van der Waals surface area contributed by atoms with Gasteiger partial charge in [-0.15, -0.1) is 0 Å². The quantitative estimate of drug-likeness (QED) is 0.316. The summed E-state index contributed by atoms with van der Waals surface area (Å²) in [4.78, 5) is 20.3. The van der Waals surface area contributed by atoms with Gasteiger partial charge in [0, 0.05) is 25.1 Å². The average molecular weight is 486 g/mol. The second-order valence-corrected chi connectivity index (χ2v) is 10.6. The van der Waals surface area contributed by atoms with E-state index in [1.807, 2.05) is 45.3 Å². The van der Waals surface area contributed by atoms with Crippen molar-refractivity contribution in [2.45, 2.75) is 83.0 Å². The van der Waals surface area contributed by atoms with Crippen LogP contribution in [0.3, 0.4) is 0 Å². The van der Waals surface area contributed by atoms with Gasteiger partial charge in [-0.25, -0.2) is 0 Å². The fraction of sp³-hybridized carbons (Fsp3) is 0.630. The Balaban J connectivity index is 1.84. The molecule has 8 nitrogen and oxygen atoms in total. The van der Waals surface area contributed by atoms with E-state index in [4.69, 9.17) is 15.5 Å². The highest BCUT2D eigenvalue weighted by atomic mass is 16.5. The summed E-state index contributed by atoms with van der Waals surface area (Å²) in [6, 6.07) is 4.96. The minimum Gasteiger partial charge on any atom is -0.492 e. The molecule has 1 amide bonds. The summed E-state index contributed by atoms with van der Waals surface area (Å²) >= 11 is 0. The molecule has 3 rings (SSSR count). The van der Waals surface area contributed by atoms with Crippen LogP contribution in [0.5, 0.6) is 5.75 Å². The Morgan fingerprint density at radius 3 is 2.83 bits per heavy atom. The van der Waals surface area contributed by atoms with Crippen LogP contribution in [0.4, 0.5) is 0 Å². The van der Waals surface area contributed by atoms with Crippen LogP contribution in [0.2, 0.25) is 0 Å². The van der Waals surface area contributed by atoms with Crippen molar-refractivity contribution < 1.29 is 14.6 Å². The number of fused-ring (bicyclic) bond motifs is 1. The molecule has 194 valence electrons. The first-order valence-corrected chi connectivity index (χ1v) is 12.7. The van der Waals surface area contributed by atoms with Crippen LogP contribution in [-0.4, -0.2) is 72.2 Å². The summed E-state index contributed by atoms with van der Waals surface area (Å²) in [5.41, 5.74) is 6.98. The van der Waals surface area contributed by atoms with Gasteiger partial charge >= 0.3 is 0 Å². The summed E-state index contributed by atoms with van der Waals surface area (Å²) in [7, 11) is 1.96. The molecule has 0 bridgehead atoms. The van der Waals surface area contributed by atoms with E-state index in [0.29, 0.717) is 43.3 Å². The summed E-state index contributed by atoms with van der Waals surface area (Å²) in [6.45, 7) is 11.9. The number of nitrogens with zero attached hydrogens (tertiary/aromatic N) is 2. The molecular weight excluding hydrogens is 442 g/mol. The van der Waals surface area contributed by atoms with Crippen molar-refractivity contribution in [3.05, 3.63) is 41.6 Å². The molecule has 2 heterocycles. The molecule has 35 heavy (non-hydrogen) atoms. The van der Waals surface area contributed by atoms with E-state index in [9.17, 15) is 9.90 Å². The molecule has 3 unspecified atom stereocenters. The van der Waals surface area contributed by atoms with Gasteiger partial charge in [0.2, 0.25) is 0 Å². The Hall–Kier alpha value is -2.58. The maximum atomic E-state index is 13.4. The molecule has 0 radical (unpaired) electrons. The lowest BCUT2D eigenvalue weighted by Crippen LogP contribution is -2.59. The van der Waals surface area contributed by atoms with Crippen LogP contribution in [0.25, 0.3) is 0 Å². The number of nitrogens with one attached hydrogen (secondary N) is 2. The molecule has 1 saturated heterocycles. The zero-order valence-electron chi connectivity index (χ0n) is 22.1. The van der Waals surface area contributed by atoms with Crippen LogP contribution in [0, 0.1) is 0 Å². The third-order valence-corrected chi connectivity index (χ3v) is 7.65. The first kappa shape index (κ1) is 27.0. The number of para-hydroxylation sites is 1. The van der Waals surface area contributed by atoms with Crippen LogP contribution in [0.1, 0.15) is 69.8 Å². The highest BCUT2D eigenvalue weighted by molar-refractivity contribution is 5.97. The van der Waals surface area contributed by atoms with E-state index in [-0.39, 0.29) is 17.4 Å². The molecule has 0 saturated carbocycles. The number of benzene rings is 1. The number of aliphatic hydroxyl groups is 1. The molecule has 1 aromatic rings. The number of nitrogens with two attached hydrogens (primary N) is 1. The van der Waals surface area contributed by atoms with Gasteiger partial charge in [-0.2, -0.15) is 0 Å². The van der Waals surface area contributed by atoms with Gasteiger partial charge in [-0.3, -0.25) is 14.7 Å².